The van der Waals surface area contributed by atoms with Crippen LogP contribution in [0.3, 0.4) is 0 Å². The first-order chi connectivity index (χ1) is 12.5. The van der Waals surface area contributed by atoms with Crippen molar-refractivity contribution >= 4 is 44.3 Å². The van der Waals surface area contributed by atoms with Gasteiger partial charge in [0.2, 0.25) is 5.95 Å². The van der Waals surface area contributed by atoms with E-state index in [2.05, 4.69) is 10.3 Å². The second-order valence-electron chi connectivity index (χ2n) is 7.30. The Kier molecular flexibility index (Phi) is 4.78. The van der Waals surface area contributed by atoms with Crippen LogP contribution < -0.4 is 5.32 Å². The van der Waals surface area contributed by atoms with E-state index in [1.807, 2.05) is 49.6 Å². The molecule has 1 heterocycles. The minimum atomic E-state index is -3.55. The molecule has 3 aromatic rings. The maximum Gasteiger partial charge on any atom is 0.258 e. The molecule has 0 saturated heterocycles. The molecule has 0 radical (unpaired) electrons. The monoisotopic (exact) mass is 405 g/mol. The van der Waals surface area contributed by atoms with E-state index in [1.165, 1.54) is 18.2 Å². The number of nitrogens with one attached hydrogen (secondary N) is 1. The molecule has 2 aromatic carbocycles. The number of anilines is 1. The number of rotatable bonds is 3. The van der Waals surface area contributed by atoms with Crippen molar-refractivity contribution in [2.24, 2.45) is 0 Å². The molecule has 0 bridgehead atoms. The van der Waals surface area contributed by atoms with E-state index in [0.29, 0.717) is 5.95 Å². The van der Waals surface area contributed by atoms with Gasteiger partial charge in [0, 0.05) is 17.4 Å². The molecule has 0 saturated carbocycles. The number of carbonyl (C=O) groups is 1. The van der Waals surface area contributed by atoms with Gasteiger partial charge in [0.1, 0.15) is 0 Å². The summed E-state index contributed by atoms with van der Waals surface area (Å²) in [6.07, 6.45) is 1.05. The Bertz CT molecular complexity index is 1140. The summed E-state index contributed by atoms with van der Waals surface area (Å²) in [5, 5.41) is 2.88. The number of halogens is 1. The molecule has 0 atom stereocenters. The number of amides is 1. The van der Waals surface area contributed by atoms with Crippen molar-refractivity contribution in [2.75, 3.05) is 11.6 Å². The highest BCUT2D eigenvalue weighted by Gasteiger charge is 2.23. The van der Waals surface area contributed by atoms with E-state index in [-0.39, 0.29) is 21.0 Å². The normalized spacial score (nSPS) is 12.3. The van der Waals surface area contributed by atoms with Crippen LogP contribution in [0, 0.1) is 0 Å². The Balaban J connectivity index is 2.05. The van der Waals surface area contributed by atoms with Crippen LogP contribution in [0.5, 0.6) is 0 Å². The third kappa shape index (κ3) is 3.84. The van der Waals surface area contributed by atoms with Gasteiger partial charge in [0.25, 0.3) is 5.91 Å². The molecule has 0 spiro atoms. The van der Waals surface area contributed by atoms with Crippen molar-refractivity contribution in [1.29, 1.82) is 0 Å². The second-order valence-corrected chi connectivity index (χ2v) is 9.69. The number of fused-ring (bicyclic) bond motifs is 1. The van der Waals surface area contributed by atoms with Crippen LogP contribution in [0.1, 0.15) is 31.1 Å². The minimum absolute atomic E-state index is 0.0796. The number of benzene rings is 2. The van der Waals surface area contributed by atoms with Crippen LogP contribution >= 0.6 is 11.6 Å². The van der Waals surface area contributed by atoms with Gasteiger partial charge in [0.15, 0.2) is 9.84 Å². The first-order valence-electron chi connectivity index (χ1n) is 8.27. The third-order valence-electron chi connectivity index (χ3n) is 4.05. The van der Waals surface area contributed by atoms with Gasteiger partial charge in [-0.3, -0.25) is 10.1 Å². The molecule has 0 fully saturated rings. The molecule has 142 valence electrons. The molecule has 0 aliphatic carbocycles. The maximum absolute atomic E-state index is 12.8. The zero-order chi connectivity index (χ0) is 20.0. The van der Waals surface area contributed by atoms with Crippen molar-refractivity contribution in [1.82, 2.24) is 9.55 Å². The van der Waals surface area contributed by atoms with Crippen molar-refractivity contribution in [2.45, 2.75) is 31.2 Å². The molecule has 0 unspecified atom stereocenters. The average Bonchev–Trinajstić information content (AvgIpc) is 2.91. The lowest BCUT2D eigenvalue weighted by Crippen LogP contribution is -2.26. The van der Waals surface area contributed by atoms with Crippen LogP contribution in [0.15, 0.2) is 47.4 Å². The Morgan fingerprint density at radius 2 is 1.81 bits per heavy atom. The molecule has 0 aliphatic heterocycles. The van der Waals surface area contributed by atoms with Crippen LogP contribution in [0.4, 0.5) is 5.95 Å². The molecule has 27 heavy (non-hydrogen) atoms. The fraction of sp³-hybridized carbons (Fsp3) is 0.263. The Morgan fingerprint density at radius 3 is 2.44 bits per heavy atom. The number of carbonyl (C=O) groups excluding carboxylic acids is 1. The Labute approximate surface area is 163 Å². The smallest absolute Gasteiger partial charge is 0.258 e. The minimum Gasteiger partial charge on any atom is -0.305 e. The zero-order valence-electron chi connectivity index (χ0n) is 15.4. The van der Waals surface area contributed by atoms with Gasteiger partial charge in [-0.25, -0.2) is 13.4 Å². The van der Waals surface area contributed by atoms with Gasteiger partial charge < -0.3 is 4.57 Å². The highest BCUT2D eigenvalue weighted by molar-refractivity contribution is 7.90. The first-order valence-corrected chi connectivity index (χ1v) is 10.5. The van der Waals surface area contributed by atoms with Gasteiger partial charge in [-0.15, -0.1) is 0 Å². The van der Waals surface area contributed by atoms with Crippen LogP contribution in [-0.2, 0) is 15.4 Å². The number of para-hydroxylation sites is 2. The molecule has 3 rings (SSSR count). The van der Waals surface area contributed by atoms with Gasteiger partial charge in [-0.2, -0.15) is 0 Å². The summed E-state index contributed by atoms with van der Waals surface area (Å²) in [7, 11) is -3.55. The summed E-state index contributed by atoms with van der Waals surface area (Å²) in [5.74, 6) is -0.0677. The second kappa shape index (κ2) is 6.65. The maximum atomic E-state index is 12.8. The predicted molar refractivity (Wildman–Crippen MR) is 107 cm³/mol. The Hall–Kier alpha value is -2.38. The van der Waals surface area contributed by atoms with E-state index in [1.54, 1.807) is 0 Å². The molecule has 8 heteroatoms. The summed E-state index contributed by atoms with van der Waals surface area (Å²) >= 11 is 5.96. The van der Waals surface area contributed by atoms with E-state index in [9.17, 15) is 13.2 Å². The van der Waals surface area contributed by atoms with Gasteiger partial charge in [0.05, 0.1) is 21.0 Å². The standard InChI is InChI=1S/C19H20ClN3O3S/c1-19(2,3)23-15-8-6-5-7-14(15)21-18(23)22-17(24)12-9-10-13(20)16(11-12)27(4,25)26/h5-11H,1-4H3,(H,21,22,24). The number of sulfone groups is 1. The van der Waals surface area contributed by atoms with Gasteiger partial charge in [-0.05, 0) is 51.1 Å². The molecule has 1 amide bonds. The van der Waals surface area contributed by atoms with Crippen LogP contribution in [0.25, 0.3) is 11.0 Å². The molecule has 0 aliphatic rings. The molecular formula is C19H20ClN3O3S. The lowest BCUT2D eigenvalue weighted by Gasteiger charge is -2.24. The third-order valence-corrected chi connectivity index (χ3v) is 5.63. The topological polar surface area (TPSA) is 81.1 Å². The van der Waals surface area contributed by atoms with Gasteiger partial charge in [-0.1, -0.05) is 23.7 Å². The average molecular weight is 406 g/mol. The number of imidazole rings is 1. The summed E-state index contributed by atoms with van der Waals surface area (Å²) in [6.45, 7) is 6.04. The highest BCUT2D eigenvalue weighted by atomic mass is 35.5. The largest absolute Gasteiger partial charge is 0.305 e. The van der Waals surface area contributed by atoms with Crippen molar-refractivity contribution in [3.63, 3.8) is 0 Å². The SMILES string of the molecule is CC(C)(C)n1c(NC(=O)c2ccc(Cl)c(S(C)(=O)=O)c2)nc2ccccc21. The van der Waals surface area contributed by atoms with Crippen LogP contribution in [-0.4, -0.2) is 30.1 Å². The quantitative estimate of drug-likeness (QED) is 0.711. The van der Waals surface area contributed by atoms with Crippen molar-refractivity contribution < 1.29 is 13.2 Å². The summed E-state index contributed by atoms with van der Waals surface area (Å²) in [4.78, 5) is 17.2. The van der Waals surface area contributed by atoms with E-state index >= 15 is 0 Å². The van der Waals surface area contributed by atoms with E-state index < -0.39 is 15.7 Å². The number of nitrogens with zero attached hydrogens (tertiary/aromatic N) is 2. The first kappa shape index (κ1) is 19.4. The molecule has 6 nitrogen and oxygen atoms in total. The number of hydrogen-bond acceptors (Lipinski definition) is 4. The molecular weight excluding hydrogens is 386 g/mol. The van der Waals surface area contributed by atoms with Crippen molar-refractivity contribution in [3.8, 4) is 0 Å². The predicted octanol–water partition coefficient (Wildman–Crippen LogP) is 4.10. The van der Waals surface area contributed by atoms with Crippen LogP contribution in [0.2, 0.25) is 5.02 Å². The van der Waals surface area contributed by atoms with Gasteiger partial charge >= 0.3 is 0 Å². The lowest BCUT2D eigenvalue weighted by atomic mass is 10.1. The number of hydrogen-bond donors (Lipinski definition) is 1. The van der Waals surface area contributed by atoms with Crippen molar-refractivity contribution in [3.05, 3.63) is 53.1 Å². The summed E-state index contributed by atoms with van der Waals surface area (Å²) in [6, 6.07) is 11.8. The molecule has 1 N–H and O–H groups in total. The van der Waals surface area contributed by atoms with E-state index in [0.717, 1.165) is 17.3 Å². The summed E-state index contributed by atoms with van der Waals surface area (Å²) in [5.41, 5.74) is 1.52. The lowest BCUT2D eigenvalue weighted by molar-refractivity contribution is 0.102. The molecule has 1 aromatic heterocycles. The highest BCUT2D eigenvalue weighted by Crippen LogP contribution is 2.29. The zero-order valence-corrected chi connectivity index (χ0v) is 17.0. The Morgan fingerprint density at radius 1 is 1.15 bits per heavy atom. The van der Waals surface area contributed by atoms with E-state index in [4.69, 9.17) is 11.6 Å². The fourth-order valence-corrected chi connectivity index (χ4v) is 4.19. The number of aromatic nitrogens is 2. The summed E-state index contributed by atoms with van der Waals surface area (Å²) < 4.78 is 25.7. The fourth-order valence-electron chi connectivity index (χ4n) is 2.89.